The van der Waals surface area contributed by atoms with Gasteiger partial charge in [-0.25, -0.2) is 0 Å². The number of Topliss-reactive ketones (excluding diaryl/α,β-unsaturated/α-hetero) is 1. The highest BCUT2D eigenvalue weighted by Crippen LogP contribution is 2.18. The first kappa shape index (κ1) is 45.6. The van der Waals surface area contributed by atoms with Crippen molar-refractivity contribution in [2.75, 3.05) is 78.3 Å². The quantitative estimate of drug-likeness (QED) is 0.0615. The van der Waals surface area contributed by atoms with E-state index >= 15 is 0 Å². The number of anilines is 1. The number of rotatable bonds is 27. The number of amides is 5. The van der Waals surface area contributed by atoms with Crippen LogP contribution in [0.5, 0.6) is 0 Å². The second kappa shape index (κ2) is 26.3. The summed E-state index contributed by atoms with van der Waals surface area (Å²) in [6, 6.07) is 3.54. The minimum Gasteiger partial charge on any atom is -0.461 e. The van der Waals surface area contributed by atoms with Crippen LogP contribution in [0.1, 0.15) is 63.4 Å². The predicted molar refractivity (Wildman–Crippen MR) is 189 cm³/mol. The van der Waals surface area contributed by atoms with E-state index in [-0.39, 0.29) is 61.7 Å². The summed E-state index contributed by atoms with van der Waals surface area (Å²) < 4.78 is 26.6. The zero-order valence-electron chi connectivity index (χ0n) is 31.1. The van der Waals surface area contributed by atoms with Crippen molar-refractivity contribution in [2.24, 2.45) is 11.8 Å². The first-order chi connectivity index (χ1) is 24.7. The minimum atomic E-state index is -0.982. The van der Waals surface area contributed by atoms with Crippen molar-refractivity contribution in [3.63, 3.8) is 0 Å². The van der Waals surface area contributed by atoms with Gasteiger partial charge in [0.25, 0.3) is 5.91 Å². The fourth-order valence-electron chi connectivity index (χ4n) is 4.09. The number of ketones is 1. The average molecular weight is 738 g/mol. The molecule has 17 nitrogen and oxygen atoms in total. The Morgan fingerprint density at radius 1 is 0.692 bits per heavy atom. The van der Waals surface area contributed by atoms with E-state index in [0.29, 0.717) is 51.6 Å². The highest BCUT2D eigenvalue weighted by atomic mass is 16.6. The van der Waals surface area contributed by atoms with E-state index < -0.39 is 48.1 Å². The van der Waals surface area contributed by atoms with Crippen molar-refractivity contribution in [3.8, 4) is 0 Å². The van der Waals surface area contributed by atoms with E-state index in [1.165, 1.54) is 26.1 Å². The molecular weight excluding hydrogens is 682 g/mol. The molecule has 0 saturated carbocycles. The Morgan fingerprint density at radius 3 is 1.79 bits per heavy atom. The van der Waals surface area contributed by atoms with Crippen molar-refractivity contribution in [1.82, 2.24) is 21.3 Å². The molecule has 5 N–H and O–H groups in total. The van der Waals surface area contributed by atoms with Gasteiger partial charge in [0.15, 0.2) is 0 Å². The molecule has 0 aliphatic rings. The standard InChI is InChI=1S/C35H55N5O12/c1-23(2)32(40-31(44)20-37-29(42)10-12-49-14-16-51-18-17-50-15-13-48-11-9-25(5)41)34(46)38-21-30(43)39-27-8-7-26(22-52-35(47)24(3)4)28(19-27)33(45)36-6/h7-8,19,23-24,32H,9-18,20-22H2,1-6H3,(H,36,45)(H,37,42)(H,38,46)(H,39,43)(H,40,44). The summed E-state index contributed by atoms with van der Waals surface area (Å²) in [4.78, 5) is 85.2. The number of benzene rings is 1. The van der Waals surface area contributed by atoms with E-state index in [9.17, 15) is 33.6 Å². The Labute approximate surface area is 304 Å². The second-order valence-corrected chi connectivity index (χ2v) is 12.2. The topological polar surface area (TPSA) is 226 Å². The van der Waals surface area contributed by atoms with Gasteiger partial charge in [-0.1, -0.05) is 33.8 Å². The van der Waals surface area contributed by atoms with Crippen molar-refractivity contribution in [3.05, 3.63) is 29.3 Å². The molecule has 0 heterocycles. The van der Waals surface area contributed by atoms with E-state index in [4.69, 9.17) is 23.7 Å². The van der Waals surface area contributed by atoms with Crippen LogP contribution < -0.4 is 26.6 Å². The lowest BCUT2D eigenvalue weighted by Crippen LogP contribution is -2.52. The van der Waals surface area contributed by atoms with Gasteiger partial charge < -0.3 is 50.3 Å². The fourth-order valence-corrected chi connectivity index (χ4v) is 4.09. The molecule has 292 valence electrons. The van der Waals surface area contributed by atoms with Gasteiger partial charge in [-0.05, 0) is 25.0 Å². The second-order valence-electron chi connectivity index (χ2n) is 12.2. The average Bonchev–Trinajstić information content (AvgIpc) is 3.10. The maximum absolute atomic E-state index is 12.8. The van der Waals surface area contributed by atoms with Gasteiger partial charge in [-0.2, -0.15) is 0 Å². The Hall–Kier alpha value is -4.45. The smallest absolute Gasteiger partial charge is 0.308 e. The van der Waals surface area contributed by atoms with Gasteiger partial charge in [0, 0.05) is 36.7 Å². The molecule has 0 aliphatic heterocycles. The summed E-state index contributed by atoms with van der Waals surface area (Å²) in [5.74, 6) is -3.65. The molecule has 0 fully saturated rings. The third-order valence-electron chi connectivity index (χ3n) is 7.03. The first-order valence-corrected chi connectivity index (χ1v) is 17.2. The molecule has 17 heteroatoms. The fraction of sp³-hybridized carbons (Fsp3) is 0.629. The monoisotopic (exact) mass is 737 g/mol. The summed E-state index contributed by atoms with van der Waals surface area (Å²) in [6.45, 7) is 10.1. The van der Waals surface area contributed by atoms with Crippen LogP contribution in [0, 0.1) is 11.8 Å². The lowest BCUT2D eigenvalue weighted by atomic mass is 10.0. The van der Waals surface area contributed by atoms with Crippen LogP contribution in [-0.2, 0) is 59.1 Å². The summed E-state index contributed by atoms with van der Waals surface area (Å²) in [5, 5.41) is 12.7. The molecule has 5 amide bonds. The van der Waals surface area contributed by atoms with Gasteiger partial charge in [-0.15, -0.1) is 0 Å². The van der Waals surface area contributed by atoms with Crippen molar-refractivity contribution in [1.29, 1.82) is 0 Å². The van der Waals surface area contributed by atoms with E-state index in [2.05, 4.69) is 26.6 Å². The van der Waals surface area contributed by atoms with Crippen LogP contribution in [0.4, 0.5) is 5.69 Å². The zero-order valence-corrected chi connectivity index (χ0v) is 31.1. The van der Waals surface area contributed by atoms with E-state index in [1.807, 2.05) is 0 Å². The number of esters is 1. The van der Waals surface area contributed by atoms with Crippen molar-refractivity contribution in [2.45, 2.75) is 60.1 Å². The lowest BCUT2D eigenvalue weighted by molar-refractivity contribution is -0.148. The highest BCUT2D eigenvalue weighted by molar-refractivity contribution is 5.99. The molecule has 1 unspecified atom stereocenters. The number of carbonyl (C=O) groups excluding carboxylic acids is 7. The molecule has 1 aromatic carbocycles. The summed E-state index contributed by atoms with van der Waals surface area (Å²) in [6.07, 6.45) is 0.402. The molecule has 0 aliphatic carbocycles. The predicted octanol–water partition coefficient (Wildman–Crippen LogP) is 0.493. The van der Waals surface area contributed by atoms with Gasteiger partial charge in [0.1, 0.15) is 18.4 Å². The van der Waals surface area contributed by atoms with E-state index in [1.54, 1.807) is 33.8 Å². The van der Waals surface area contributed by atoms with Gasteiger partial charge in [0.05, 0.1) is 71.9 Å². The molecule has 0 radical (unpaired) electrons. The highest BCUT2D eigenvalue weighted by Gasteiger charge is 2.25. The largest absolute Gasteiger partial charge is 0.461 e. The maximum Gasteiger partial charge on any atom is 0.308 e. The summed E-state index contributed by atoms with van der Waals surface area (Å²) in [5.41, 5.74) is 0.929. The lowest BCUT2D eigenvalue weighted by Gasteiger charge is -2.21. The number of carbonyl (C=O) groups is 7. The maximum atomic E-state index is 12.8. The molecule has 1 atom stereocenters. The van der Waals surface area contributed by atoms with Crippen LogP contribution in [0.2, 0.25) is 0 Å². The van der Waals surface area contributed by atoms with Gasteiger partial charge in [-0.3, -0.25) is 33.6 Å². The van der Waals surface area contributed by atoms with Crippen molar-refractivity contribution < 1.29 is 57.2 Å². The van der Waals surface area contributed by atoms with Crippen LogP contribution in [0.15, 0.2) is 18.2 Å². The first-order valence-electron chi connectivity index (χ1n) is 17.2. The summed E-state index contributed by atoms with van der Waals surface area (Å²) >= 11 is 0. The SMILES string of the molecule is CNC(=O)c1cc(NC(=O)CNC(=O)C(NC(=O)CNC(=O)CCOCCOCCOCCOCCC(C)=O)C(C)C)ccc1COC(=O)C(C)C. The third-order valence-corrected chi connectivity index (χ3v) is 7.03. The van der Waals surface area contributed by atoms with Crippen LogP contribution in [0.3, 0.4) is 0 Å². The number of hydrogen-bond donors (Lipinski definition) is 5. The molecule has 52 heavy (non-hydrogen) atoms. The number of ether oxygens (including phenoxy) is 5. The zero-order chi connectivity index (χ0) is 38.9. The Bertz CT molecular complexity index is 1320. The molecule has 1 rings (SSSR count). The number of hydrogen-bond acceptors (Lipinski definition) is 12. The molecule has 0 spiro atoms. The van der Waals surface area contributed by atoms with Crippen LogP contribution >= 0.6 is 0 Å². The third kappa shape index (κ3) is 20.4. The minimum absolute atomic E-state index is 0.0160. The molecule has 1 aromatic rings. The van der Waals surface area contributed by atoms with Crippen LogP contribution in [-0.4, -0.2) is 120 Å². The Kier molecular flexibility index (Phi) is 23.1. The van der Waals surface area contributed by atoms with Gasteiger partial charge in [0.2, 0.25) is 23.6 Å². The molecule has 0 saturated heterocycles. The van der Waals surface area contributed by atoms with Crippen LogP contribution in [0.25, 0.3) is 0 Å². The molecule has 0 aromatic heterocycles. The van der Waals surface area contributed by atoms with E-state index in [0.717, 1.165) is 0 Å². The Balaban J connectivity index is 2.36. The Morgan fingerprint density at radius 2 is 1.25 bits per heavy atom. The van der Waals surface area contributed by atoms with Gasteiger partial charge >= 0.3 is 5.97 Å². The van der Waals surface area contributed by atoms with Crippen molar-refractivity contribution >= 4 is 47.0 Å². The molecular formula is C35H55N5O12. The summed E-state index contributed by atoms with van der Waals surface area (Å²) in [7, 11) is 1.45. The molecule has 0 bridgehead atoms. The normalized spacial score (nSPS) is 11.5. The number of nitrogens with one attached hydrogen (secondary N) is 5.